The SMILES string of the molecule is COc1cc2c(cc1[N+](=O)[O-])CCN(C(=O)CN(C)C)CC2. The Morgan fingerprint density at radius 2 is 1.91 bits per heavy atom. The lowest BCUT2D eigenvalue weighted by atomic mass is 10.0. The number of fused-ring (bicyclic) bond motifs is 1. The van der Waals surface area contributed by atoms with Crippen molar-refractivity contribution in [3.63, 3.8) is 0 Å². The van der Waals surface area contributed by atoms with E-state index in [1.54, 1.807) is 12.1 Å². The van der Waals surface area contributed by atoms with Crippen molar-refractivity contribution in [2.45, 2.75) is 12.8 Å². The van der Waals surface area contributed by atoms with Crippen LogP contribution < -0.4 is 4.74 Å². The van der Waals surface area contributed by atoms with E-state index in [0.29, 0.717) is 32.5 Å². The number of methoxy groups -OCH3 is 1. The molecule has 0 saturated carbocycles. The van der Waals surface area contributed by atoms with Crippen LogP contribution in [-0.2, 0) is 17.6 Å². The third-order valence-corrected chi connectivity index (χ3v) is 3.80. The minimum atomic E-state index is -0.432. The highest BCUT2D eigenvalue weighted by Crippen LogP contribution is 2.32. The molecule has 0 aromatic heterocycles. The summed E-state index contributed by atoms with van der Waals surface area (Å²) >= 11 is 0. The molecule has 1 aromatic carbocycles. The third kappa shape index (κ3) is 3.54. The van der Waals surface area contributed by atoms with Gasteiger partial charge < -0.3 is 14.5 Å². The van der Waals surface area contributed by atoms with Crippen LogP contribution in [-0.4, -0.2) is 61.5 Å². The van der Waals surface area contributed by atoms with Gasteiger partial charge in [-0.05, 0) is 44.1 Å². The number of nitro benzene ring substituents is 1. The Bertz CT molecular complexity index is 586. The predicted octanol–water partition coefficient (Wildman–Crippen LogP) is 1.09. The Hall–Kier alpha value is -2.15. The number of carbonyl (C=O) groups excluding carboxylic acids is 1. The van der Waals surface area contributed by atoms with Crippen LogP contribution in [0.2, 0.25) is 0 Å². The topological polar surface area (TPSA) is 75.9 Å². The highest BCUT2D eigenvalue weighted by molar-refractivity contribution is 5.78. The van der Waals surface area contributed by atoms with Gasteiger partial charge in [0.2, 0.25) is 5.91 Å². The number of nitrogens with zero attached hydrogens (tertiary/aromatic N) is 3. The van der Waals surface area contributed by atoms with Gasteiger partial charge in [0.15, 0.2) is 5.75 Å². The fourth-order valence-corrected chi connectivity index (χ4v) is 2.67. The number of likely N-dealkylation sites (N-methyl/N-ethyl adjacent to an activating group) is 1. The van der Waals surface area contributed by atoms with Crippen LogP contribution in [0.4, 0.5) is 5.69 Å². The standard InChI is InChI=1S/C15H21N3O4/c1-16(2)10-15(19)17-6-4-11-8-13(18(20)21)14(22-3)9-12(11)5-7-17/h8-9H,4-7,10H2,1-3H3. The molecule has 0 fully saturated rings. The van der Waals surface area contributed by atoms with E-state index in [9.17, 15) is 14.9 Å². The maximum atomic E-state index is 12.2. The zero-order valence-electron chi connectivity index (χ0n) is 13.2. The molecule has 0 bridgehead atoms. The van der Waals surface area contributed by atoms with Crippen molar-refractivity contribution < 1.29 is 14.5 Å². The second kappa shape index (κ2) is 6.74. The van der Waals surface area contributed by atoms with Gasteiger partial charge in [-0.3, -0.25) is 14.9 Å². The number of carbonyl (C=O) groups is 1. The van der Waals surface area contributed by atoms with E-state index >= 15 is 0 Å². The Balaban J connectivity index is 2.21. The summed E-state index contributed by atoms with van der Waals surface area (Å²) in [6, 6.07) is 3.31. The molecule has 1 heterocycles. The number of hydrogen-bond donors (Lipinski definition) is 0. The molecule has 1 amide bonds. The molecule has 0 spiro atoms. The summed E-state index contributed by atoms with van der Waals surface area (Å²) in [5.74, 6) is 0.357. The molecule has 7 nitrogen and oxygen atoms in total. The Kier molecular flexibility index (Phi) is 4.97. The average molecular weight is 307 g/mol. The number of nitro groups is 1. The quantitative estimate of drug-likeness (QED) is 0.615. The zero-order valence-corrected chi connectivity index (χ0v) is 13.2. The van der Waals surface area contributed by atoms with E-state index in [0.717, 1.165) is 11.1 Å². The average Bonchev–Trinajstić information content (AvgIpc) is 2.66. The van der Waals surface area contributed by atoms with Gasteiger partial charge in [0.25, 0.3) is 0 Å². The molecule has 0 aliphatic carbocycles. The molecular weight excluding hydrogens is 286 g/mol. The Morgan fingerprint density at radius 1 is 1.32 bits per heavy atom. The van der Waals surface area contributed by atoms with Crippen molar-refractivity contribution in [1.82, 2.24) is 9.80 Å². The largest absolute Gasteiger partial charge is 0.490 e. The number of ether oxygens (including phenoxy) is 1. The fraction of sp³-hybridized carbons (Fsp3) is 0.533. The van der Waals surface area contributed by atoms with Gasteiger partial charge in [0.05, 0.1) is 18.6 Å². The summed E-state index contributed by atoms with van der Waals surface area (Å²) in [5.41, 5.74) is 1.92. The lowest BCUT2D eigenvalue weighted by Crippen LogP contribution is -2.39. The predicted molar refractivity (Wildman–Crippen MR) is 82.2 cm³/mol. The first kappa shape index (κ1) is 16.2. The van der Waals surface area contributed by atoms with E-state index in [-0.39, 0.29) is 17.3 Å². The lowest BCUT2D eigenvalue weighted by molar-refractivity contribution is -0.385. The van der Waals surface area contributed by atoms with Crippen LogP contribution in [0.5, 0.6) is 5.75 Å². The summed E-state index contributed by atoms with van der Waals surface area (Å²) in [6.07, 6.45) is 1.31. The maximum absolute atomic E-state index is 12.2. The van der Waals surface area contributed by atoms with Gasteiger partial charge in [-0.25, -0.2) is 0 Å². The molecule has 2 rings (SSSR count). The third-order valence-electron chi connectivity index (χ3n) is 3.80. The van der Waals surface area contributed by atoms with Gasteiger partial charge >= 0.3 is 5.69 Å². The van der Waals surface area contributed by atoms with Gasteiger partial charge in [0.1, 0.15) is 0 Å². The van der Waals surface area contributed by atoms with Crippen LogP contribution >= 0.6 is 0 Å². The maximum Gasteiger partial charge on any atom is 0.311 e. The van der Waals surface area contributed by atoms with Crippen LogP contribution in [0.1, 0.15) is 11.1 Å². The number of rotatable bonds is 4. The van der Waals surface area contributed by atoms with Crippen molar-refractivity contribution >= 4 is 11.6 Å². The highest BCUT2D eigenvalue weighted by atomic mass is 16.6. The van der Waals surface area contributed by atoms with Crippen molar-refractivity contribution in [2.24, 2.45) is 0 Å². The highest BCUT2D eigenvalue weighted by Gasteiger charge is 2.23. The smallest absolute Gasteiger partial charge is 0.311 e. The van der Waals surface area contributed by atoms with Gasteiger partial charge in [-0.2, -0.15) is 0 Å². The van der Waals surface area contributed by atoms with Crippen LogP contribution in [0.3, 0.4) is 0 Å². The second-order valence-electron chi connectivity index (χ2n) is 5.67. The van der Waals surface area contributed by atoms with E-state index in [1.165, 1.54) is 7.11 Å². The first-order valence-corrected chi connectivity index (χ1v) is 7.19. The van der Waals surface area contributed by atoms with Crippen LogP contribution in [0, 0.1) is 10.1 Å². The van der Waals surface area contributed by atoms with E-state index in [2.05, 4.69) is 0 Å². The van der Waals surface area contributed by atoms with Gasteiger partial charge in [-0.1, -0.05) is 0 Å². The first-order valence-electron chi connectivity index (χ1n) is 7.19. The van der Waals surface area contributed by atoms with Crippen molar-refractivity contribution in [3.05, 3.63) is 33.4 Å². The molecule has 1 aliphatic rings. The molecule has 1 aliphatic heterocycles. The van der Waals surface area contributed by atoms with Gasteiger partial charge in [0, 0.05) is 19.2 Å². The van der Waals surface area contributed by atoms with Crippen molar-refractivity contribution in [2.75, 3.05) is 40.8 Å². The summed E-state index contributed by atoms with van der Waals surface area (Å²) in [5, 5.41) is 11.1. The molecular formula is C15H21N3O4. The molecule has 0 atom stereocenters. The number of hydrogen-bond acceptors (Lipinski definition) is 5. The Labute approximate surface area is 129 Å². The molecule has 0 radical (unpaired) electrons. The monoisotopic (exact) mass is 307 g/mol. The molecule has 120 valence electrons. The molecule has 1 aromatic rings. The zero-order chi connectivity index (χ0) is 16.3. The normalized spacial score (nSPS) is 14.5. The molecule has 0 N–H and O–H groups in total. The minimum Gasteiger partial charge on any atom is -0.490 e. The minimum absolute atomic E-state index is 0.0191. The molecule has 0 unspecified atom stereocenters. The van der Waals surface area contributed by atoms with Crippen LogP contribution in [0.15, 0.2) is 12.1 Å². The first-order chi connectivity index (χ1) is 10.4. The summed E-state index contributed by atoms with van der Waals surface area (Å²) in [4.78, 5) is 26.5. The van der Waals surface area contributed by atoms with E-state index < -0.39 is 4.92 Å². The van der Waals surface area contributed by atoms with Crippen LogP contribution in [0.25, 0.3) is 0 Å². The molecule has 22 heavy (non-hydrogen) atoms. The summed E-state index contributed by atoms with van der Waals surface area (Å²) in [7, 11) is 5.15. The molecule has 7 heteroatoms. The second-order valence-corrected chi connectivity index (χ2v) is 5.67. The number of benzene rings is 1. The fourth-order valence-electron chi connectivity index (χ4n) is 2.67. The summed E-state index contributed by atoms with van der Waals surface area (Å²) in [6.45, 7) is 1.59. The van der Waals surface area contributed by atoms with E-state index in [4.69, 9.17) is 4.74 Å². The van der Waals surface area contributed by atoms with Gasteiger partial charge in [-0.15, -0.1) is 0 Å². The summed E-state index contributed by atoms with van der Waals surface area (Å²) < 4.78 is 5.11. The lowest BCUT2D eigenvalue weighted by Gasteiger charge is -2.22. The number of amides is 1. The Morgan fingerprint density at radius 3 is 2.41 bits per heavy atom. The van der Waals surface area contributed by atoms with Crippen molar-refractivity contribution in [3.8, 4) is 5.75 Å². The van der Waals surface area contributed by atoms with E-state index in [1.807, 2.05) is 23.9 Å². The molecule has 0 saturated heterocycles. The van der Waals surface area contributed by atoms with Crippen molar-refractivity contribution in [1.29, 1.82) is 0 Å².